The summed E-state index contributed by atoms with van der Waals surface area (Å²) in [5.74, 6) is 1.83. The maximum Gasteiger partial charge on any atom is 0.158 e. The molecule has 0 aliphatic rings. The number of aryl methyl sites for hydroxylation is 2. The van der Waals surface area contributed by atoms with Gasteiger partial charge in [-0.05, 0) is 12.8 Å². The fourth-order valence-corrected chi connectivity index (χ4v) is 2.40. The van der Waals surface area contributed by atoms with Gasteiger partial charge in [-0.15, -0.1) is 11.6 Å². The third-order valence-electron chi connectivity index (χ3n) is 3.00. The Labute approximate surface area is 118 Å². The molecule has 0 aromatic carbocycles. The highest BCUT2D eigenvalue weighted by Gasteiger charge is 2.16. The maximum atomic E-state index is 5.97. The molecule has 0 aliphatic carbocycles. The van der Waals surface area contributed by atoms with E-state index in [1.165, 1.54) is 0 Å². The van der Waals surface area contributed by atoms with E-state index in [9.17, 15) is 0 Å². The van der Waals surface area contributed by atoms with Crippen LogP contribution in [0.2, 0.25) is 0 Å². The molecule has 106 valence electrons. The van der Waals surface area contributed by atoms with E-state index in [-0.39, 0.29) is 0 Å². The predicted molar refractivity (Wildman–Crippen MR) is 76.5 cm³/mol. The van der Waals surface area contributed by atoms with Crippen molar-refractivity contribution in [3.8, 4) is 0 Å². The molecule has 2 heterocycles. The molecule has 0 saturated carbocycles. The number of fused-ring (bicyclic) bond motifs is 1. The van der Waals surface area contributed by atoms with Gasteiger partial charge in [0.2, 0.25) is 0 Å². The van der Waals surface area contributed by atoms with Crippen molar-refractivity contribution in [2.75, 3.05) is 13.2 Å². The largest absolute Gasteiger partial charge is 0.379 e. The standard InChI is InChI=1S/C13H21ClN4O/c1-9(2)8-19-6-5-18-11(7-14)15-12-10(3)16-17(4)13(12)18/h9H,5-8H2,1-4H3. The van der Waals surface area contributed by atoms with Gasteiger partial charge in [0.1, 0.15) is 11.3 Å². The Balaban J connectivity index is 2.20. The molecule has 19 heavy (non-hydrogen) atoms. The van der Waals surface area contributed by atoms with Crippen LogP contribution >= 0.6 is 11.6 Å². The fraction of sp³-hybridized carbons (Fsp3) is 0.692. The van der Waals surface area contributed by atoms with Crippen LogP contribution in [0.15, 0.2) is 0 Å². The molecule has 0 radical (unpaired) electrons. The number of aromatic nitrogens is 4. The molecular formula is C13H21ClN4O. The summed E-state index contributed by atoms with van der Waals surface area (Å²) in [5.41, 5.74) is 2.88. The molecule has 6 heteroatoms. The van der Waals surface area contributed by atoms with Crippen molar-refractivity contribution in [2.24, 2.45) is 13.0 Å². The first-order valence-corrected chi connectivity index (χ1v) is 7.10. The zero-order valence-electron chi connectivity index (χ0n) is 12.0. The number of ether oxygens (including phenoxy) is 1. The smallest absolute Gasteiger partial charge is 0.158 e. The van der Waals surface area contributed by atoms with E-state index in [2.05, 4.69) is 28.5 Å². The van der Waals surface area contributed by atoms with Gasteiger partial charge in [0.25, 0.3) is 0 Å². The van der Waals surface area contributed by atoms with Gasteiger partial charge >= 0.3 is 0 Å². The highest BCUT2D eigenvalue weighted by atomic mass is 35.5. The van der Waals surface area contributed by atoms with E-state index in [1.807, 2.05) is 18.7 Å². The summed E-state index contributed by atoms with van der Waals surface area (Å²) in [7, 11) is 1.93. The molecule has 0 aliphatic heterocycles. The van der Waals surface area contributed by atoms with E-state index in [4.69, 9.17) is 16.3 Å². The molecule has 0 fully saturated rings. The number of hydrogen-bond donors (Lipinski definition) is 0. The summed E-state index contributed by atoms with van der Waals surface area (Å²) in [4.78, 5) is 4.56. The van der Waals surface area contributed by atoms with E-state index in [1.54, 1.807) is 0 Å². The minimum absolute atomic E-state index is 0.401. The van der Waals surface area contributed by atoms with Crippen molar-refractivity contribution in [3.05, 3.63) is 11.5 Å². The first-order valence-electron chi connectivity index (χ1n) is 6.57. The van der Waals surface area contributed by atoms with Crippen LogP contribution in [0.3, 0.4) is 0 Å². The SMILES string of the molecule is Cc1nn(C)c2c1nc(CCl)n2CCOCC(C)C. The fourth-order valence-electron chi connectivity index (χ4n) is 2.19. The maximum absolute atomic E-state index is 5.97. The second-order valence-corrected chi connectivity index (χ2v) is 5.43. The lowest BCUT2D eigenvalue weighted by molar-refractivity contribution is 0.103. The molecule has 0 atom stereocenters. The van der Waals surface area contributed by atoms with Crippen molar-refractivity contribution in [2.45, 2.75) is 33.2 Å². The topological polar surface area (TPSA) is 44.9 Å². The van der Waals surface area contributed by atoms with Crippen LogP contribution in [-0.4, -0.2) is 32.5 Å². The van der Waals surface area contributed by atoms with Gasteiger partial charge in [-0.3, -0.25) is 4.68 Å². The lowest BCUT2D eigenvalue weighted by atomic mass is 10.2. The summed E-state index contributed by atoms with van der Waals surface area (Å²) in [6, 6.07) is 0. The van der Waals surface area contributed by atoms with E-state index >= 15 is 0 Å². The number of rotatable bonds is 6. The van der Waals surface area contributed by atoms with Crippen LogP contribution in [0, 0.1) is 12.8 Å². The molecule has 2 aromatic rings. The zero-order valence-corrected chi connectivity index (χ0v) is 12.7. The van der Waals surface area contributed by atoms with Gasteiger partial charge in [0, 0.05) is 20.2 Å². The number of nitrogens with zero attached hydrogens (tertiary/aromatic N) is 4. The summed E-state index contributed by atoms with van der Waals surface area (Å²) >= 11 is 5.97. The molecule has 0 amide bonds. The van der Waals surface area contributed by atoms with Crippen molar-refractivity contribution in [3.63, 3.8) is 0 Å². The Morgan fingerprint density at radius 3 is 2.74 bits per heavy atom. The summed E-state index contributed by atoms with van der Waals surface area (Å²) < 4.78 is 9.60. The van der Waals surface area contributed by atoms with E-state index < -0.39 is 0 Å². The highest BCUT2D eigenvalue weighted by Crippen LogP contribution is 2.20. The summed E-state index contributed by atoms with van der Waals surface area (Å²) in [5, 5.41) is 4.39. The van der Waals surface area contributed by atoms with Gasteiger partial charge in [0.15, 0.2) is 5.65 Å². The van der Waals surface area contributed by atoms with Crippen LogP contribution in [0.4, 0.5) is 0 Å². The molecule has 0 unspecified atom stereocenters. The molecule has 2 aromatic heterocycles. The number of alkyl halides is 1. The second kappa shape index (κ2) is 5.92. The Hall–Kier alpha value is -1.07. The molecule has 0 N–H and O–H groups in total. The van der Waals surface area contributed by atoms with Crippen LogP contribution in [-0.2, 0) is 24.2 Å². The van der Waals surface area contributed by atoms with Crippen molar-refractivity contribution in [1.29, 1.82) is 0 Å². The van der Waals surface area contributed by atoms with Crippen molar-refractivity contribution >= 4 is 22.8 Å². The lowest BCUT2D eigenvalue weighted by Crippen LogP contribution is -2.13. The third-order valence-corrected chi connectivity index (χ3v) is 3.24. The average Bonchev–Trinajstić information content (AvgIpc) is 2.84. The Bertz CT molecular complexity index is 558. The third kappa shape index (κ3) is 2.92. The molecule has 2 rings (SSSR count). The van der Waals surface area contributed by atoms with Gasteiger partial charge < -0.3 is 9.30 Å². The molecule has 0 bridgehead atoms. The van der Waals surface area contributed by atoms with Crippen LogP contribution in [0.1, 0.15) is 25.4 Å². The lowest BCUT2D eigenvalue weighted by Gasteiger charge is -2.10. The molecular weight excluding hydrogens is 264 g/mol. The Morgan fingerprint density at radius 2 is 2.11 bits per heavy atom. The first-order chi connectivity index (χ1) is 9.04. The average molecular weight is 285 g/mol. The minimum atomic E-state index is 0.401. The Morgan fingerprint density at radius 1 is 1.37 bits per heavy atom. The summed E-state index contributed by atoms with van der Waals surface area (Å²) in [6.45, 7) is 8.45. The van der Waals surface area contributed by atoms with Crippen LogP contribution in [0.25, 0.3) is 11.2 Å². The van der Waals surface area contributed by atoms with Gasteiger partial charge in [-0.1, -0.05) is 13.8 Å². The van der Waals surface area contributed by atoms with Crippen LogP contribution in [0.5, 0.6) is 0 Å². The minimum Gasteiger partial charge on any atom is -0.379 e. The van der Waals surface area contributed by atoms with Crippen LogP contribution < -0.4 is 0 Å². The predicted octanol–water partition coefficient (Wildman–Crippen LogP) is 2.49. The second-order valence-electron chi connectivity index (χ2n) is 5.16. The zero-order chi connectivity index (χ0) is 14.0. The number of halogens is 1. The van der Waals surface area contributed by atoms with Gasteiger partial charge in [-0.2, -0.15) is 5.10 Å². The first kappa shape index (κ1) is 14.3. The van der Waals surface area contributed by atoms with Gasteiger partial charge in [-0.25, -0.2) is 4.98 Å². The normalized spacial score (nSPS) is 11.9. The quantitative estimate of drug-likeness (QED) is 0.605. The van der Waals surface area contributed by atoms with E-state index in [0.717, 1.165) is 35.8 Å². The monoisotopic (exact) mass is 284 g/mol. The highest BCUT2D eigenvalue weighted by molar-refractivity contribution is 6.16. The van der Waals surface area contributed by atoms with Crippen molar-refractivity contribution in [1.82, 2.24) is 19.3 Å². The molecule has 5 nitrogen and oxygen atoms in total. The molecule has 0 spiro atoms. The van der Waals surface area contributed by atoms with Crippen molar-refractivity contribution < 1.29 is 4.74 Å². The van der Waals surface area contributed by atoms with E-state index in [0.29, 0.717) is 18.4 Å². The number of imidazole rings is 1. The summed E-state index contributed by atoms with van der Waals surface area (Å²) in [6.07, 6.45) is 0. The Kier molecular flexibility index (Phi) is 4.47. The molecule has 0 saturated heterocycles. The number of hydrogen-bond acceptors (Lipinski definition) is 3. The van der Waals surface area contributed by atoms with Gasteiger partial charge in [0.05, 0.1) is 18.2 Å².